The third-order valence-electron chi connectivity index (χ3n) is 7.30. The van der Waals surface area contributed by atoms with Crippen molar-refractivity contribution in [3.63, 3.8) is 0 Å². The smallest absolute Gasteiger partial charge is 0.156 e. The summed E-state index contributed by atoms with van der Waals surface area (Å²) in [6.45, 7) is 2.41. The summed E-state index contributed by atoms with van der Waals surface area (Å²) in [5.41, 5.74) is 3.17. The van der Waals surface area contributed by atoms with Crippen LogP contribution in [0, 0.1) is 12.7 Å². The van der Waals surface area contributed by atoms with E-state index in [0.29, 0.717) is 62.9 Å². The molecule has 1 N–H and O–H groups in total. The van der Waals surface area contributed by atoms with Crippen molar-refractivity contribution in [3.8, 4) is 11.3 Å². The Kier molecular flexibility index (Phi) is 6.45. The van der Waals surface area contributed by atoms with Gasteiger partial charge in [-0.15, -0.1) is 11.3 Å². The van der Waals surface area contributed by atoms with E-state index in [-0.39, 0.29) is 11.9 Å². The average Bonchev–Trinajstić information content (AvgIpc) is 3.46. The Morgan fingerprint density at radius 2 is 2.00 bits per heavy atom. The molecule has 0 spiro atoms. The molecular weight excluding hydrogens is 567 g/mol. The Morgan fingerprint density at radius 3 is 2.72 bits per heavy atom. The Balaban J connectivity index is 1.18. The van der Waals surface area contributed by atoms with E-state index in [1.165, 1.54) is 11.3 Å². The first kappa shape index (κ1) is 24.5. The fourth-order valence-corrected chi connectivity index (χ4v) is 6.96. The second kappa shape index (κ2) is 9.48. The molecule has 2 fully saturated rings. The molecule has 6 rings (SSSR count). The molecule has 2 aliphatic rings. The van der Waals surface area contributed by atoms with Crippen LogP contribution >= 0.6 is 38.9 Å². The number of thiazole rings is 1. The van der Waals surface area contributed by atoms with Crippen LogP contribution in [0.15, 0.2) is 39.3 Å². The van der Waals surface area contributed by atoms with Gasteiger partial charge in [0.2, 0.25) is 0 Å². The summed E-state index contributed by atoms with van der Waals surface area (Å²) in [6.07, 6.45) is 4.57. The maximum Gasteiger partial charge on any atom is 0.156 e. The van der Waals surface area contributed by atoms with Gasteiger partial charge in [-0.25, -0.2) is 9.37 Å². The van der Waals surface area contributed by atoms with Crippen molar-refractivity contribution in [1.82, 2.24) is 10.1 Å². The average molecular weight is 592 g/mol. The Labute approximate surface area is 225 Å². The molecule has 0 amide bonds. The van der Waals surface area contributed by atoms with E-state index in [4.69, 9.17) is 20.9 Å². The number of aryl methyl sites for hydroxylation is 1. The van der Waals surface area contributed by atoms with Crippen LogP contribution in [-0.2, 0) is 16.9 Å². The number of nitrogens with zero attached hydrogens (tertiary/aromatic N) is 2. The lowest BCUT2D eigenvalue weighted by Gasteiger charge is -2.34. The van der Waals surface area contributed by atoms with Crippen LogP contribution in [0.5, 0.6) is 0 Å². The van der Waals surface area contributed by atoms with Gasteiger partial charge in [-0.3, -0.25) is 0 Å². The highest BCUT2D eigenvalue weighted by Crippen LogP contribution is 2.46. The standard InChI is InChI=1S/C27H25BrClFN2O3S/c1-14-3-2-4-19(29)21(14)23-17(24(35-32-23)15-5-6-15)13-34-16-9-11-27(33,12-10-16)26-31-20-8-7-18(28)22(30)25(20)36-26/h2-4,7-8,15-16,33H,5-6,9-13H2,1H3/t16-,27+. The molecule has 9 heteroatoms. The number of aliphatic hydroxyl groups is 1. The van der Waals surface area contributed by atoms with E-state index in [2.05, 4.69) is 26.1 Å². The summed E-state index contributed by atoms with van der Waals surface area (Å²) in [5.74, 6) is 0.962. The highest BCUT2D eigenvalue weighted by atomic mass is 79.9. The lowest BCUT2D eigenvalue weighted by molar-refractivity contribution is -0.0640. The van der Waals surface area contributed by atoms with Crippen LogP contribution in [0.2, 0.25) is 5.02 Å². The summed E-state index contributed by atoms with van der Waals surface area (Å²) >= 11 is 11.0. The maximum atomic E-state index is 14.5. The molecule has 2 aromatic carbocycles. The number of aromatic nitrogens is 2. The second-order valence-corrected chi connectivity index (χ2v) is 12.1. The molecule has 0 radical (unpaired) electrons. The van der Waals surface area contributed by atoms with Crippen LogP contribution in [0.3, 0.4) is 0 Å². The van der Waals surface area contributed by atoms with Gasteiger partial charge in [0.05, 0.1) is 32.4 Å². The molecule has 0 aliphatic heterocycles. The molecule has 188 valence electrons. The summed E-state index contributed by atoms with van der Waals surface area (Å²) < 4.78 is 27.5. The summed E-state index contributed by atoms with van der Waals surface area (Å²) in [4.78, 5) is 4.56. The third kappa shape index (κ3) is 4.41. The van der Waals surface area contributed by atoms with Gasteiger partial charge in [-0.05, 0) is 85.1 Å². The minimum absolute atomic E-state index is 0.00678. The zero-order chi connectivity index (χ0) is 25.0. The molecule has 4 aromatic rings. The Bertz CT molecular complexity index is 1420. The molecule has 0 unspecified atom stereocenters. The van der Waals surface area contributed by atoms with E-state index in [9.17, 15) is 9.50 Å². The van der Waals surface area contributed by atoms with Crippen LogP contribution in [0.25, 0.3) is 21.5 Å². The highest BCUT2D eigenvalue weighted by molar-refractivity contribution is 9.10. The van der Waals surface area contributed by atoms with Crippen molar-refractivity contribution in [2.24, 2.45) is 0 Å². The highest BCUT2D eigenvalue weighted by Gasteiger charge is 2.39. The fraction of sp³-hybridized carbons (Fsp3) is 0.407. The van der Waals surface area contributed by atoms with Crippen molar-refractivity contribution in [3.05, 3.63) is 67.5 Å². The minimum atomic E-state index is -1.07. The van der Waals surface area contributed by atoms with Gasteiger partial charge >= 0.3 is 0 Å². The zero-order valence-electron chi connectivity index (χ0n) is 19.7. The van der Waals surface area contributed by atoms with Crippen molar-refractivity contribution in [2.75, 3.05) is 0 Å². The Morgan fingerprint density at radius 1 is 1.22 bits per heavy atom. The van der Waals surface area contributed by atoms with Crippen molar-refractivity contribution >= 4 is 49.1 Å². The number of benzene rings is 2. The van der Waals surface area contributed by atoms with Gasteiger partial charge in [0, 0.05) is 17.0 Å². The van der Waals surface area contributed by atoms with Crippen molar-refractivity contribution in [2.45, 2.75) is 69.7 Å². The van der Waals surface area contributed by atoms with Crippen LogP contribution in [0.1, 0.15) is 66.3 Å². The van der Waals surface area contributed by atoms with E-state index < -0.39 is 5.60 Å². The predicted molar refractivity (Wildman–Crippen MR) is 142 cm³/mol. The maximum absolute atomic E-state index is 14.5. The van der Waals surface area contributed by atoms with E-state index >= 15 is 0 Å². The Hall–Kier alpha value is -1.84. The number of fused-ring (bicyclic) bond motifs is 1. The van der Waals surface area contributed by atoms with Crippen LogP contribution < -0.4 is 0 Å². The molecule has 0 saturated heterocycles. The molecule has 2 aromatic heterocycles. The molecule has 36 heavy (non-hydrogen) atoms. The first-order valence-corrected chi connectivity index (χ1v) is 14.2. The van der Waals surface area contributed by atoms with Crippen molar-refractivity contribution in [1.29, 1.82) is 0 Å². The van der Waals surface area contributed by atoms with Gasteiger partial charge in [-0.2, -0.15) is 0 Å². The molecule has 0 atom stereocenters. The largest absolute Gasteiger partial charge is 0.383 e. The number of ether oxygens (including phenoxy) is 1. The first-order valence-electron chi connectivity index (χ1n) is 12.2. The molecule has 2 aliphatic carbocycles. The van der Waals surface area contributed by atoms with Crippen LogP contribution in [-0.4, -0.2) is 21.4 Å². The van der Waals surface area contributed by atoms with Gasteiger partial charge in [0.15, 0.2) is 5.82 Å². The number of rotatable bonds is 6. The minimum Gasteiger partial charge on any atom is -0.383 e. The SMILES string of the molecule is Cc1cccc(Cl)c1-c1noc(C2CC2)c1CO[C@H]1CC[C@](O)(c2nc3ccc(Br)c(F)c3s2)CC1. The van der Waals surface area contributed by atoms with E-state index in [0.717, 1.165) is 41.0 Å². The van der Waals surface area contributed by atoms with Gasteiger partial charge in [0.25, 0.3) is 0 Å². The predicted octanol–water partition coefficient (Wildman–Crippen LogP) is 8.04. The number of hydrogen-bond acceptors (Lipinski definition) is 6. The summed E-state index contributed by atoms with van der Waals surface area (Å²) in [7, 11) is 0. The van der Waals surface area contributed by atoms with E-state index in [1.807, 2.05) is 25.1 Å². The number of hydrogen-bond donors (Lipinski definition) is 1. The molecular formula is C27H25BrClFN2O3S. The molecule has 2 heterocycles. The third-order valence-corrected chi connectivity index (χ3v) is 9.48. The topological polar surface area (TPSA) is 68.4 Å². The van der Waals surface area contributed by atoms with E-state index in [1.54, 1.807) is 12.1 Å². The zero-order valence-corrected chi connectivity index (χ0v) is 22.8. The van der Waals surface area contributed by atoms with Gasteiger partial charge < -0.3 is 14.4 Å². The monoisotopic (exact) mass is 590 g/mol. The fourth-order valence-electron chi connectivity index (χ4n) is 5.04. The summed E-state index contributed by atoms with van der Waals surface area (Å²) in [6, 6.07) is 9.24. The van der Waals surface area contributed by atoms with Gasteiger partial charge in [0.1, 0.15) is 22.1 Å². The first-order chi connectivity index (χ1) is 17.3. The van der Waals surface area contributed by atoms with Gasteiger partial charge in [-0.1, -0.05) is 28.9 Å². The van der Waals surface area contributed by atoms with Crippen LogP contribution in [0.4, 0.5) is 4.39 Å². The molecule has 2 saturated carbocycles. The lowest BCUT2D eigenvalue weighted by Crippen LogP contribution is -2.34. The quantitative estimate of drug-likeness (QED) is 0.246. The lowest BCUT2D eigenvalue weighted by atomic mass is 9.83. The van der Waals surface area contributed by atoms with Crippen molar-refractivity contribution < 1.29 is 18.8 Å². The molecule has 0 bridgehead atoms. The molecule has 5 nitrogen and oxygen atoms in total. The number of halogens is 3. The normalized spacial score (nSPS) is 22.4. The second-order valence-electron chi connectivity index (χ2n) is 9.85. The summed E-state index contributed by atoms with van der Waals surface area (Å²) in [5, 5.41) is 17.0.